The summed E-state index contributed by atoms with van der Waals surface area (Å²) < 4.78 is 2.12. The van der Waals surface area contributed by atoms with E-state index >= 15 is 0 Å². The van der Waals surface area contributed by atoms with Crippen LogP contribution < -0.4 is 4.57 Å². The number of hydrogen-bond acceptors (Lipinski definition) is 2. The van der Waals surface area contributed by atoms with Gasteiger partial charge >= 0.3 is 0 Å². The van der Waals surface area contributed by atoms with Crippen molar-refractivity contribution in [3.05, 3.63) is 77.7 Å². The minimum absolute atomic E-state index is 0.947. The summed E-state index contributed by atoms with van der Waals surface area (Å²) in [6.45, 7) is 6.52. The molecular formula is C23H22N3+. The van der Waals surface area contributed by atoms with Crippen molar-refractivity contribution < 1.29 is 4.57 Å². The highest BCUT2D eigenvalue weighted by molar-refractivity contribution is 5.99. The van der Waals surface area contributed by atoms with Crippen LogP contribution in [0.15, 0.2) is 61.1 Å². The Morgan fingerprint density at radius 2 is 1.69 bits per heavy atom. The summed E-state index contributed by atoms with van der Waals surface area (Å²) in [4.78, 5) is 9.26. The second-order valence-electron chi connectivity index (χ2n) is 6.88. The molecule has 0 saturated heterocycles. The molecule has 2 aromatic carbocycles. The number of rotatable bonds is 2. The van der Waals surface area contributed by atoms with Gasteiger partial charge in [0.05, 0.1) is 23.7 Å². The number of nitrogens with zero attached hydrogens (tertiary/aromatic N) is 3. The Balaban J connectivity index is 2.08. The van der Waals surface area contributed by atoms with Crippen LogP contribution >= 0.6 is 0 Å². The molecule has 0 fully saturated rings. The van der Waals surface area contributed by atoms with Crippen molar-refractivity contribution in [3.8, 4) is 22.5 Å². The van der Waals surface area contributed by atoms with E-state index < -0.39 is 0 Å². The Bertz CT molecular complexity index is 1120. The number of fused-ring (bicyclic) bond motifs is 1. The first-order valence-electron chi connectivity index (χ1n) is 8.83. The maximum atomic E-state index is 4.74. The summed E-state index contributed by atoms with van der Waals surface area (Å²) in [6.07, 6.45) is 3.73. The molecule has 0 unspecified atom stereocenters. The lowest BCUT2D eigenvalue weighted by Crippen LogP contribution is -2.32. The maximum Gasteiger partial charge on any atom is 0.287 e. The first kappa shape index (κ1) is 16.4. The number of hydrogen-bond donors (Lipinski definition) is 0. The van der Waals surface area contributed by atoms with Crippen molar-refractivity contribution in [1.82, 2.24) is 9.97 Å². The van der Waals surface area contributed by atoms with Gasteiger partial charge in [0.15, 0.2) is 5.52 Å². The summed E-state index contributed by atoms with van der Waals surface area (Å²) in [6, 6.07) is 16.8. The Kier molecular flexibility index (Phi) is 4.00. The molecule has 0 bridgehead atoms. The summed E-state index contributed by atoms with van der Waals surface area (Å²) in [5, 5.41) is 1.14. The molecule has 0 aliphatic rings. The lowest BCUT2D eigenvalue weighted by molar-refractivity contribution is -0.662. The topological polar surface area (TPSA) is 29.7 Å². The fourth-order valence-electron chi connectivity index (χ4n) is 3.62. The average Bonchev–Trinajstić information content (AvgIpc) is 2.65. The van der Waals surface area contributed by atoms with Gasteiger partial charge in [-0.15, -0.1) is 0 Å². The van der Waals surface area contributed by atoms with Crippen LogP contribution in [0.3, 0.4) is 0 Å². The van der Waals surface area contributed by atoms with E-state index in [0.717, 1.165) is 22.2 Å². The third-order valence-corrected chi connectivity index (χ3v) is 5.01. The van der Waals surface area contributed by atoms with Crippen LogP contribution in [0.2, 0.25) is 0 Å². The molecule has 2 aromatic heterocycles. The zero-order valence-corrected chi connectivity index (χ0v) is 15.6. The van der Waals surface area contributed by atoms with Crippen LogP contribution in [0.1, 0.15) is 16.7 Å². The summed E-state index contributed by atoms with van der Waals surface area (Å²) in [7, 11) is 2.06. The summed E-state index contributed by atoms with van der Waals surface area (Å²) >= 11 is 0. The minimum atomic E-state index is 0.947. The molecular weight excluding hydrogens is 318 g/mol. The largest absolute Gasteiger partial charge is 0.287 e. The van der Waals surface area contributed by atoms with E-state index in [4.69, 9.17) is 4.98 Å². The molecule has 3 heteroatoms. The Morgan fingerprint density at radius 3 is 2.46 bits per heavy atom. The van der Waals surface area contributed by atoms with Gasteiger partial charge in [-0.1, -0.05) is 23.8 Å². The molecule has 4 aromatic rings. The molecule has 0 aliphatic carbocycles. The molecule has 0 saturated carbocycles. The fourth-order valence-corrected chi connectivity index (χ4v) is 3.62. The molecule has 0 atom stereocenters. The average molecular weight is 340 g/mol. The quantitative estimate of drug-likeness (QED) is 0.495. The molecule has 0 aliphatic heterocycles. The predicted molar refractivity (Wildman–Crippen MR) is 106 cm³/mol. The van der Waals surface area contributed by atoms with Gasteiger partial charge < -0.3 is 0 Å². The Morgan fingerprint density at radius 1 is 0.846 bits per heavy atom. The van der Waals surface area contributed by atoms with Crippen molar-refractivity contribution in [2.75, 3.05) is 0 Å². The zero-order valence-electron chi connectivity index (χ0n) is 15.6. The Labute approximate surface area is 154 Å². The van der Waals surface area contributed by atoms with Crippen molar-refractivity contribution in [3.63, 3.8) is 0 Å². The zero-order chi connectivity index (χ0) is 18.3. The van der Waals surface area contributed by atoms with E-state index in [2.05, 4.69) is 67.7 Å². The van der Waals surface area contributed by atoms with Gasteiger partial charge in [0.25, 0.3) is 6.33 Å². The highest BCUT2D eigenvalue weighted by atomic mass is 15.0. The second kappa shape index (κ2) is 6.34. The Hall–Kier alpha value is -3.07. The molecule has 2 heterocycles. The molecule has 4 rings (SSSR count). The van der Waals surface area contributed by atoms with Crippen LogP contribution in [0.25, 0.3) is 33.4 Å². The fraction of sp³-hybridized carbons (Fsp3) is 0.174. The monoisotopic (exact) mass is 340 g/mol. The van der Waals surface area contributed by atoms with Gasteiger partial charge in [-0.3, -0.25) is 4.98 Å². The predicted octanol–water partition coefficient (Wildman–Crippen LogP) is 4.71. The normalized spacial score (nSPS) is 11.1. The van der Waals surface area contributed by atoms with Crippen LogP contribution in [0.5, 0.6) is 0 Å². The van der Waals surface area contributed by atoms with Crippen LogP contribution in [0, 0.1) is 20.8 Å². The van der Waals surface area contributed by atoms with Crippen molar-refractivity contribution in [2.45, 2.75) is 20.8 Å². The smallest absolute Gasteiger partial charge is 0.256 e. The first-order valence-corrected chi connectivity index (χ1v) is 8.83. The minimum Gasteiger partial charge on any atom is -0.256 e. The van der Waals surface area contributed by atoms with Crippen LogP contribution in [-0.4, -0.2) is 9.97 Å². The third-order valence-electron chi connectivity index (χ3n) is 5.01. The van der Waals surface area contributed by atoms with E-state index in [1.165, 1.54) is 27.9 Å². The molecule has 0 spiro atoms. The number of benzene rings is 2. The number of aromatic nitrogens is 3. The van der Waals surface area contributed by atoms with Crippen molar-refractivity contribution in [2.24, 2.45) is 7.05 Å². The highest BCUT2D eigenvalue weighted by Gasteiger charge is 2.20. The van der Waals surface area contributed by atoms with Crippen molar-refractivity contribution in [1.29, 1.82) is 0 Å². The SMILES string of the molecule is Cc1cc(C)c(C)c(-c2c3cccc(-c4ccccn4)c3nc[n+]2C)c1. The van der Waals surface area contributed by atoms with Gasteiger partial charge in [-0.2, -0.15) is 0 Å². The molecule has 128 valence electrons. The van der Waals surface area contributed by atoms with Crippen LogP contribution in [-0.2, 0) is 7.05 Å². The molecule has 3 nitrogen and oxygen atoms in total. The molecule has 0 radical (unpaired) electrons. The van der Waals surface area contributed by atoms with Gasteiger partial charge in [0.2, 0.25) is 0 Å². The van der Waals surface area contributed by atoms with E-state index in [9.17, 15) is 0 Å². The van der Waals surface area contributed by atoms with Gasteiger partial charge in [0.1, 0.15) is 5.69 Å². The van der Waals surface area contributed by atoms with Crippen molar-refractivity contribution >= 4 is 10.9 Å². The van der Waals surface area contributed by atoms with Gasteiger partial charge in [0, 0.05) is 11.8 Å². The standard InChI is InChI=1S/C23H22N3/c1-15-12-16(2)17(3)20(13-15)23-19-9-7-8-18(21-10-5-6-11-24-21)22(19)25-14-26(23)4/h5-14H,1-4H3/q+1. The van der Waals surface area contributed by atoms with Gasteiger partial charge in [-0.05, 0) is 67.2 Å². The van der Waals surface area contributed by atoms with Gasteiger partial charge in [-0.25, -0.2) is 4.57 Å². The molecule has 0 amide bonds. The number of pyridine rings is 1. The van der Waals surface area contributed by atoms with E-state index in [1.807, 2.05) is 30.7 Å². The molecule has 26 heavy (non-hydrogen) atoms. The first-order chi connectivity index (χ1) is 12.6. The van der Waals surface area contributed by atoms with E-state index in [1.54, 1.807) is 0 Å². The lowest BCUT2D eigenvalue weighted by atomic mass is 9.94. The highest BCUT2D eigenvalue weighted by Crippen LogP contribution is 2.33. The van der Waals surface area contributed by atoms with Crippen LogP contribution in [0.4, 0.5) is 0 Å². The third kappa shape index (κ3) is 2.66. The van der Waals surface area contributed by atoms with E-state index in [0.29, 0.717) is 0 Å². The maximum absolute atomic E-state index is 4.74. The number of aryl methyl sites for hydroxylation is 3. The summed E-state index contributed by atoms with van der Waals surface area (Å²) in [5.74, 6) is 0. The molecule has 0 N–H and O–H groups in total. The lowest BCUT2D eigenvalue weighted by Gasteiger charge is -2.13. The van der Waals surface area contributed by atoms with E-state index in [-0.39, 0.29) is 0 Å². The number of para-hydroxylation sites is 1. The second-order valence-corrected chi connectivity index (χ2v) is 6.88. The summed E-state index contributed by atoms with van der Waals surface area (Å²) in [5.41, 5.74) is 9.33.